The van der Waals surface area contributed by atoms with Gasteiger partial charge in [0.1, 0.15) is 0 Å². The lowest BCUT2D eigenvalue weighted by atomic mass is 10.1. The lowest BCUT2D eigenvalue weighted by Crippen LogP contribution is -1.95. The van der Waals surface area contributed by atoms with Gasteiger partial charge in [-0.3, -0.25) is 0 Å². The van der Waals surface area contributed by atoms with Gasteiger partial charge in [-0.15, -0.1) is 10.2 Å². The van der Waals surface area contributed by atoms with Crippen molar-refractivity contribution in [1.29, 1.82) is 0 Å². The van der Waals surface area contributed by atoms with Crippen LogP contribution in [0.2, 0.25) is 0 Å². The van der Waals surface area contributed by atoms with Gasteiger partial charge in [-0.05, 0) is 43.7 Å². The maximum absolute atomic E-state index is 11.0. The van der Waals surface area contributed by atoms with Crippen LogP contribution in [0.3, 0.4) is 0 Å². The van der Waals surface area contributed by atoms with Crippen molar-refractivity contribution in [2.75, 3.05) is 0 Å². The number of aryl methyl sites for hydroxylation is 2. The molecule has 0 bridgehead atoms. The summed E-state index contributed by atoms with van der Waals surface area (Å²) < 4.78 is 5.70. The Labute approximate surface area is 127 Å². The van der Waals surface area contributed by atoms with E-state index in [1.54, 1.807) is 12.1 Å². The zero-order valence-electron chi connectivity index (χ0n) is 12.2. The second kappa shape index (κ2) is 5.44. The normalized spacial score (nSPS) is 10.6. The van der Waals surface area contributed by atoms with Crippen LogP contribution in [0.1, 0.15) is 21.5 Å². The molecule has 22 heavy (non-hydrogen) atoms. The number of aromatic carboxylic acids is 1. The number of carbonyl (C=O) groups is 1. The number of carboxylic acids is 1. The Morgan fingerprint density at radius 1 is 1.05 bits per heavy atom. The second-order valence-electron chi connectivity index (χ2n) is 5.12. The van der Waals surface area contributed by atoms with Gasteiger partial charge in [-0.1, -0.05) is 23.8 Å². The summed E-state index contributed by atoms with van der Waals surface area (Å²) in [4.78, 5) is 11.0. The quantitative estimate of drug-likeness (QED) is 0.796. The van der Waals surface area contributed by atoms with Gasteiger partial charge in [0.2, 0.25) is 11.8 Å². The zero-order valence-corrected chi connectivity index (χ0v) is 12.2. The lowest BCUT2D eigenvalue weighted by molar-refractivity contribution is 0.0697. The van der Waals surface area contributed by atoms with Crippen LogP contribution in [-0.4, -0.2) is 21.3 Å². The van der Waals surface area contributed by atoms with Gasteiger partial charge in [0, 0.05) is 11.1 Å². The smallest absolute Gasteiger partial charge is 0.335 e. The first kappa shape index (κ1) is 14.0. The molecule has 0 radical (unpaired) electrons. The summed E-state index contributed by atoms with van der Waals surface area (Å²) in [5.74, 6) is -0.262. The number of benzene rings is 2. The molecule has 0 saturated heterocycles. The molecule has 1 aromatic heterocycles. The third-order valence-corrected chi connectivity index (χ3v) is 3.39. The van der Waals surface area contributed by atoms with E-state index in [0.717, 1.165) is 16.7 Å². The molecule has 0 fully saturated rings. The van der Waals surface area contributed by atoms with Gasteiger partial charge >= 0.3 is 5.97 Å². The summed E-state index contributed by atoms with van der Waals surface area (Å²) in [7, 11) is 0. The van der Waals surface area contributed by atoms with E-state index in [1.165, 1.54) is 12.1 Å². The number of rotatable bonds is 3. The van der Waals surface area contributed by atoms with Crippen LogP contribution in [0.15, 0.2) is 46.9 Å². The zero-order chi connectivity index (χ0) is 15.7. The van der Waals surface area contributed by atoms with Crippen LogP contribution in [0.25, 0.3) is 22.9 Å². The predicted molar refractivity (Wildman–Crippen MR) is 81.6 cm³/mol. The Morgan fingerprint density at radius 3 is 2.55 bits per heavy atom. The largest absolute Gasteiger partial charge is 0.478 e. The molecule has 0 aliphatic heterocycles. The predicted octanol–water partition coefficient (Wildman–Crippen LogP) is 3.72. The average molecular weight is 294 g/mol. The van der Waals surface area contributed by atoms with E-state index in [0.29, 0.717) is 17.3 Å². The molecule has 5 heteroatoms. The van der Waals surface area contributed by atoms with Crippen molar-refractivity contribution in [2.45, 2.75) is 13.8 Å². The minimum absolute atomic E-state index is 0.184. The summed E-state index contributed by atoms with van der Waals surface area (Å²) in [6, 6.07) is 12.4. The fraction of sp³-hybridized carbons (Fsp3) is 0.118. The van der Waals surface area contributed by atoms with Gasteiger partial charge in [0.25, 0.3) is 0 Å². The number of carboxylic acid groups (broad SMARTS) is 1. The van der Waals surface area contributed by atoms with Crippen molar-refractivity contribution < 1.29 is 14.3 Å². The van der Waals surface area contributed by atoms with Gasteiger partial charge in [-0.2, -0.15) is 0 Å². The number of hydrogen-bond acceptors (Lipinski definition) is 4. The molecule has 3 rings (SSSR count). The van der Waals surface area contributed by atoms with E-state index in [9.17, 15) is 4.79 Å². The fourth-order valence-electron chi connectivity index (χ4n) is 2.29. The average Bonchev–Trinajstić information content (AvgIpc) is 2.97. The van der Waals surface area contributed by atoms with Gasteiger partial charge in [0.15, 0.2) is 0 Å². The Balaban J connectivity index is 2.00. The molecule has 2 aromatic carbocycles. The molecular weight excluding hydrogens is 280 g/mol. The molecule has 0 spiro atoms. The van der Waals surface area contributed by atoms with E-state index in [-0.39, 0.29) is 5.56 Å². The standard InChI is InChI=1S/C17H14N2O3/c1-10-6-7-14(11(2)8-10)16-19-18-15(22-16)12-4-3-5-13(9-12)17(20)21/h3-9H,1-2H3,(H,20,21). The van der Waals surface area contributed by atoms with Gasteiger partial charge < -0.3 is 9.52 Å². The third-order valence-electron chi connectivity index (χ3n) is 3.39. The van der Waals surface area contributed by atoms with E-state index < -0.39 is 5.97 Å². The van der Waals surface area contributed by atoms with Crippen LogP contribution in [-0.2, 0) is 0 Å². The van der Waals surface area contributed by atoms with Crippen LogP contribution < -0.4 is 0 Å². The van der Waals surface area contributed by atoms with Crippen molar-refractivity contribution in [1.82, 2.24) is 10.2 Å². The number of nitrogens with zero attached hydrogens (tertiary/aromatic N) is 2. The molecule has 0 aliphatic carbocycles. The summed E-state index contributed by atoms with van der Waals surface area (Å²) >= 11 is 0. The Kier molecular flexibility index (Phi) is 3.47. The number of hydrogen-bond donors (Lipinski definition) is 1. The highest BCUT2D eigenvalue weighted by atomic mass is 16.4. The first-order valence-corrected chi connectivity index (χ1v) is 6.79. The highest BCUT2D eigenvalue weighted by molar-refractivity contribution is 5.89. The van der Waals surface area contributed by atoms with Crippen molar-refractivity contribution in [2.24, 2.45) is 0 Å². The van der Waals surface area contributed by atoms with Crippen LogP contribution in [0.4, 0.5) is 0 Å². The maximum atomic E-state index is 11.0. The molecule has 0 atom stereocenters. The molecule has 0 unspecified atom stereocenters. The minimum atomic E-state index is -0.990. The fourth-order valence-corrected chi connectivity index (χ4v) is 2.29. The second-order valence-corrected chi connectivity index (χ2v) is 5.12. The van der Waals surface area contributed by atoms with Gasteiger partial charge in [0.05, 0.1) is 5.56 Å². The molecule has 0 amide bonds. The van der Waals surface area contributed by atoms with Crippen molar-refractivity contribution in [3.8, 4) is 22.9 Å². The Hall–Kier alpha value is -2.95. The topological polar surface area (TPSA) is 76.2 Å². The summed E-state index contributed by atoms with van der Waals surface area (Å²) in [6.45, 7) is 4.00. The van der Waals surface area contributed by atoms with E-state index in [4.69, 9.17) is 9.52 Å². The molecule has 3 aromatic rings. The van der Waals surface area contributed by atoms with Crippen molar-refractivity contribution >= 4 is 5.97 Å². The molecule has 1 heterocycles. The molecule has 110 valence electrons. The van der Waals surface area contributed by atoms with E-state index >= 15 is 0 Å². The summed E-state index contributed by atoms with van der Waals surface area (Å²) in [6.07, 6.45) is 0. The summed E-state index contributed by atoms with van der Waals surface area (Å²) in [5.41, 5.74) is 3.86. The SMILES string of the molecule is Cc1ccc(-c2nnc(-c3cccc(C(=O)O)c3)o2)c(C)c1. The van der Waals surface area contributed by atoms with E-state index in [1.807, 2.05) is 32.0 Å². The molecule has 0 aliphatic rings. The molecule has 1 N–H and O–H groups in total. The molecular formula is C17H14N2O3. The first-order valence-electron chi connectivity index (χ1n) is 6.79. The highest BCUT2D eigenvalue weighted by Crippen LogP contribution is 2.27. The van der Waals surface area contributed by atoms with Crippen LogP contribution in [0, 0.1) is 13.8 Å². The minimum Gasteiger partial charge on any atom is -0.478 e. The molecule has 5 nitrogen and oxygen atoms in total. The lowest BCUT2D eigenvalue weighted by Gasteiger charge is -2.02. The van der Waals surface area contributed by atoms with Crippen LogP contribution in [0.5, 0.6) is 0 Å². The highest BCUT2D eigenvalue weighted by Gasteiger charge is 2.13. The monoisotopic (exact) mass is 294 g/mol. The maximum Gasteiger partial charge on any atom is 0.335 e. The first-order chi connectivity index (χ1) is 10.5. The summed E-state index contributed by atoms with van der Waals surface area (Å²) in [5, 5.41) is 17.1. The van der Waals surface area contributed by atoms with Crippen LogP contribution >= 0.6 is 0 Å². The third kappa shape index (κ3) is 2.61. The van der Waals surface area contributed by atoms with E-state index in [2.05, 4.69) is 10.2 Å². The van der Waals surface area contributed by atoms with Crippen molar-refractivity contribution in [3.63, 3.8) is 0 Å². The number of aromatic nitrogens is 2. The Morgan fingerprint density at radius 2 is 1.82 bits per heavy atom. The van der Waals surface area contributed by atoms with Gasteiger partial charge in [-0.25, -0.2) is 4.79 Å². The molecule has 0 saturated carbocycles. The Bertz CT molecular complexity index is 853. The van der Waals surface area contributed by atoms with Crippen molar-refractivity contribution in [3.05, 3.63) is 59.2 Å².